The van der Waals surface area contributed by atoms with Crippen molar-refractivity contribution in [3.8, 4) is 0 Å². The molecule has 0 heterocycles. The first-order valence-corrected chi connectivity index (χ1v) is 4.54. The summed E-state index contributed by atoms with van der Waals surface area (Å²) in [5.41, 5.74) is 1.47. The number of Topliss-reactive ketones (excluding diaryl/α,β-unsaturated/α-hetero) is 1. The zero-order valence-electron chi connectivity index (χ0n) is 6.13. The summed E-state index contributed by atoms with van der Waals surface area (Å²) in [6.07, 6.45) is 1.83. The molecule has 0 fully saturated rings. The molecule has 58 valence electrons. The molecule has 1 unspecified atom stereocenters. The van der Waals surface area contributed by atoms with Gasteiger partial charge in [0, 0.05) is 11.3 Å². The van der Waals surface area contributed by atoms with E-state index in [2.05, 4.69) is 0 Å². The molecule has 0 saturated carbocycles. The van der Waals surface area contributed by atoms with E-state index in [1.54, 1.807) is 18.7 Å². The highest BCUT2D eigenvalue weighted by Gasteiger charge is 2.04. The Morgan fingerprint density at radius 1 is 1.80 bits per heavy atom. The van der Waals surface area contributed by atoms with Crippen LogP contribution >= 0.6 is 23.4 Å². The molecule has 0 bridgehead atoms. The average molecular weight is 179 g/mol. The lowest BCUT2D eigenvalue weighted by Gasteiger charge is -2.02. The number of carbonyl (C=O) groups excluding carboxylic acids is 1. The minimum Gasteiger partial charge on any atom is -0.299 e. The van der Waals surface area contributed by atoms with Crippen LogP contribution in [0.25, 0.3) is 0 Å². The highest BCUT2D eigenvalue weighted by atomic mass is 35.5. The fraction of sp³-hybridized carbons (Fsp3) is 0.571. The van der Waals surface area contributed by atoms with Crippen LogP contribution in [0.5, 0.6) is 0 Å². The molecule has 0 radical (unpaired) electrons. The summed E-state index contributed by atoms with van der Waals surface area (Å²) in [6.45, 7) is 3.50. The van der Waals surface area contributed by atoms with Crippen LogP contribution < -0.4 is 0 Å². The van der Waals surface area contributed by atoms with Crippen molar-refractivity contribution in [3.05, 3.63) is 11.6 Å². The summed E-state index contributed by atoms with van der Waals surface area (Å²) in [4.78, 5) is 10.7. The van der Waals surface area contributed by atoms with E-state index in [1.165, 1.54) is 5.54 Å². The minimum atomic E-state index is 0.0906. The summed E-state index contributed by atoms with van der Waals surface area (Å²) < 4.78 is 0. The quantitative estimate of drug-likeness (QED) is 0.658. The van der Waals surface area contributed by atoms with Gasteiger partial charge in [-0.3, -0.25) is 4.79 Å². The van der Waals surface area contributed by atoms with Gasteiger partial charge in [0.1, 0.15) is 5.78 Å². The molecule has 0 aliphatic heterocycles. The van der Waals surface area contributed by atoms with Gasteiger partial charge < -0.3 is 0 Å². The largest absolute Gasteiger partial charge is 0.299 e. The second-order valence-electron chi connectivity index (χ2n) is 1.95. The summed E-state index contributed by atoms with van der Waals surface area (Å²) in [5, 5.41) is 0.0906. The molecular formula is C7H11ClOS. The maximum Gasteiger partial charge on any atom is 0.142 e. The van der Waals surface area contributed by atoms with Gasteiger partial charge in [-0.1, -0.05) is 17.7 Å². The Kier molecular flexibility index (Phi) is 5.84. The summed E-state index contributed by atoms with van der Waals surface area (Å²) in [5.74, 6) is 1.03. The maximum absolute atomic E-state index is 10.7. The molecule has 10 heavy (non-hydrogen) atoms. The van der Waals surface area contributed by atoms with E-state index in [9.17, 15) is 4.79 Å². The van der Waals surface area contributed by atoms with Crippen LogP contribution in [0.3, 0.4) is 0 Å². The second-order valence-corrected chi connectivity index (χ2v) is 3.57. The van der Waals surface area contributed by atoms with Gasteiger partial charge in [-0.05, 0) is 13.8 Å². The molecule has 0 amide bonds. The van der Waals surface area contributed by atoms with Crippen molar-refractivity contribution in [3.63, 3.8) is 0 Å². The van der Waals surface area contributed by atoms with Gasteiger partial charge in [0.2, 0.25) is 0 Å². The minimum absolute atomic E-state index is 0.0906. The molecule has 0 saturated heterocycles. The van der Waals surface area contributed by atoms with Crippen LogP contribution in [0.15, 0.2) is 11.6 Å². The fourth-order valence-corrected chi connectivity index (χ4v) is 1.28. The van der Waals surface area contributed by atoms with Crippen molar-refractivity contribution < 1.29 is 4.79 Å². The number of thioether (sulfide) groups is 1. The first kappa shape index (κ1) is 10.0. The molecule has 1 nitrogen and oxygen atoms in total. The van der Waals surface area contributed by atoms with Crippen molar-refractivity contribution in [1.82, 2.24) is 0 Å². The van der Waals surface area contributed by atoms with Crippen molar-refractivity contribution in [2.75, 3.05) is 5.75 Å². The molecule has 1 atom stereocenters. The van der Waals surface area contributed by atoms with E-state index >= 15 is 0 Å². The predicted octanol–water partition coefficient (Wildman–Crippen LogP) is 2.45. The number of hydrogen-bond acceptors (Lipinski definition) is 2. The van der Waals surface area contributed by atoms with Gasteiger partial charge in [-0.2, -0.15) is 0 Å². The normalized spacial score (nSPS) is 13.9. The molecule has 0 rings (SSSR count). The predicted molar refractivity (Wildman–Crippen MR) is 47.6 cm³/mol. The second kappa shape index (κ2) is 5.81. The van der Waals surface area contributed by atoms with Crippen LogP contribution in [0.1, 0.15) is 13.8 Å². The van der Waals surface area contributed by atoms with Gasteiger partial charge in [-0.25, -0.2) is 0 Å². The lowest BCUT2D eigenvalue weighted by Crippen LogP contribution is -2.08. The Labute approximate surface area is 70.8 Å². The molecule has 0 aromatic carbocycles. The van der Waals surface area contributed by atoms with Gasteiger partial charge in [-0.15, -0.1) is 11.8 Å². The van der Waals surface area contributed by atoms with E-state index in [0.29, 0.717) is 0 Å². The lowest BCUT2D eigenvalue weighted by molar-refractivity contribution is -0.116. The monoisotopic (exact) mass is 178 g/mol. The van der Waals surface area contributed by atoms with Gasteiger partial charge in [0.25, 0.3) is 0 Å². The van der Waals surface area contributed by atoms with Gasteiger partial charge in [0.05, 0.1) is 5.25 Å². The zero-order chi connectivity index (χ0) is 7.98. The highest BCUT2D eigenvalue weighted by Crippen LogP contribution is 2.10. The smallest absolute Gasteiger partial charge is 0.142 e. The summed E-state index contributed by atoms with van der Waals surface area (Å²) >= 11 is 6.87. The molecule has 0 aromatic heterocycles. The number of hydrogen-bond donors (Lipinski definition) is 0. The Morgan fingerprint density at radius 3 is 2.80 bits per heavy atom. The molecule has 0 aliphatic carbocycles. The Hall–Kier alpha value is 0.0500. The zero-order valence-corrected chi connectivity index (χ0v) is 7.71. The number of ketones is 1. The maximum atomic E-state index is 10.7. The van der Waals surface area contributed by atoms with E-state index in [-0.39, 0.29) is 11.0 Å². The number of halogens is 1. The standard InChI is InChI=1S/C7H11ClOS/c1-6(9)7(2)10-5-3-4-8/h3-4,7H,5H2,1-2H3/b4-3+. The van der Waals surface area contributed by atoms with Crippen LogP contribution in [0, 0.1) is 0 Å². The van der Waals surface area contributed by atoms with Crippen LogP contribution in [-0.4, -0.2) is 16.8 Å². The Morgan fingerprint density at radius 2 is 2.40 bits per heavy atom. The van der Waals surface area contributed by atoms with Crippen molar-refractivity contribution in [2.24, 2.45) is 0 Å². The third-order valence-corrected chi connectivity index (χ3v) is 2.50. The van der Waals surface area contributed by atoms with E-state index < -0.39 is 0 Å². The molecule has 3 heteroatoms. The molecule has 0 aliphatic rings. The molecular weight excluding hydrogens is 168 g/mol. The van der Waals surface area contributed by atoms with Crippen LogP contribution in [-0.2, 0) is 4.79 Å². The summed E-state index contributed by atoms with van der Waals surface area (Å²) in [6, 6.07) is 0. The van der Waals surface area contributed by atoms with E-state index in [0.717, 1.165) is 5.75 Å². The number of carbonyl (C=O) groups is 1. The molecule has 0 spiro atoms. The Balaban J connectivity index is 3.39. The third kappa shape index (κ3) is 4.89. The van der Waals surface area contributed by atoms with Crippen molar-refractivity contribution in [1.29, 1.82) is 0 Å². The van der Waals surface area contributed by atoms with Crippen LogP contribution in [0.2, 0.25) is 0 Å². The van der Waals surface area contributed by atoms with Crippen LogP contribution in [0.4, 0.5) is 0 Å². The first-order valence-electron chi connectivity index (χ1n) is 3.05. The average Bonchev–Trinajstić information content (AvgIpc) is 1.88. The molecule has 0 aromatic rings. The summed E-state index contributed by atoms with van der Waals surface area (Å²) in [7, 11) is 0. The third-order valence-electron chi connectivity index (χ3n) is 1.10. The lowest BCUT2D eigenvalue weighted by atomic mass is 10.3. The van der Waals surface area contributed by atoms with Gasteiger partial charge in [0.15, 0.2) is 0 Å². The topological polar surface area (TPSA) is 17.1 Å². The van der Waals surface area contributed by atoms with Gasteiger partial charge >= 0.3 is 0 Å². The Bertz CT molecular complexity index is 134. The van der Waals surface area contributed by atoms with E-state index in [4.69, 9.17) is 11.6 Å². The first-order chi connectivity index (χ1) is 4.68. The highest BCUT2D eigenvalue weighted by molar-refractivity contribution is 8.00. The molecule has 0 N–H and O–H groups in total. The SMILES string of the molecule is CC(=O)C(C)SC/C=C/Cl. The number of rotatable bonds is 4. The fourth-order valence-electron chi connectivity index (χ4n) is 0.354. The van der Waals surface area contributed by atoms with Crippen molar-refractivity contribution in [2.45, 2.75) is 19.1 Å². The van der Waals surface area contributed by atoms with Crippen molar-refractivity contribution >= 4 is 29.1 Å². The van der Waals surface area contributed by atoms with E-state index in [1.807, 2.05) is 13.0 Å².